The lowest BCUT2D eigenvalue weighted by molar-refractivity contribution is -0.136. The molecule has 0 saturated heterocycles. The Morgan fingerprint density at radius 3 is 2.57 bits per heavy atom. The van der Waals surface area contributed by atoms with E-state index < -0.39 is 11.7 Å². The molecule has 0 saturated carbocycles. The predicted molar refractivity (Wildman–Crippen MR) is 72.0 cm³/mol. The molecule has 0 aromatic carbocycles. The van der Waals surface area contributed by atoms with Crippen LogP contribution >= 0.6 is 0 Å². The Morgan fingerprint density at radius 1 is 1.29 bits per heavy atom. The smallest absolute Gasteiger partial charge is 0.347 e. The fourth-order valence-electron chi connectivity index (χ4n) is 2.16. The fraction of sp³-hybridized carbons (Fsp3) is 0.462. The van der Waals surface area contributed by atoms with Crippen LogP contribution in [0.1, 0.15) is 28.7 Å². The molecule has 2 aromatic heterocycles. The van der Waals surface area contributed by atoms with Crippen LogP contribution in [-0.2, 0) is 24.2 Å². The average molecular weight is 292 g/mol. The van der Waals surface area contributed by atoms with Crippen molar-refractivity contribution >= 4 is 5.97 Å². The molecule has 21 heavy (non-hydrogen) atoms. The summed E-state index contributed by atoms with van der Waals surface area (Å²) in [6.45, 7) is 5.37. The van der Waals surface area contributed by atoms with Gasteiger partial charge in [0.05, 0.1) is 6.42 Å². The van der Waals surface area contributed by atoms with Gasteiger partial charge in [-0.3, -0.25) is 9.36 Å². The van der Waals surface area contributed by atoms with Gasteiger partial charge in [-0.25, -0.2) is 4.79 Å². The SMILES string of the molecule is Cc1nc(CCn2c(C)c(CC(=O)O)c(C)nc2=O)no1. The van der Waals surface area contributed by atoms with Gasteiger partial charge in [0.15, 0.2) is 5.82 Å². The minimum Gasteiger partial charge on any atom is -0.481 e. The summed E-state index contributed by atoms with van der Waals surface area (Å²) in [5.74, 6) is 0.00353. The van der Waals surface area contributed by atoms with Crippen molar-refractivity contribution in [2.75, 3.05) is 0 Å². The molecule has 2 heterocycles. The van der Waals surface area contributed by atoms with Crippen LogP contribution in [-0.4, -0.2) is 30.8 Å². The number of aryl methyl sites for hydroxylation is 3. The first-order chi connectivity index (χ1) is 9.88. The minimum atomic E-state index is -0.956. The summed E-state index contributed by atoms with van der Waals surface area (Å²) >= 11 is 0. The van der Waals surface area contributed by atoms with Gasteiger partial charge in [0, 0.05) is 36.8 Å². The number of aliphatic carboxylic acids is 1. The molecular formula is C13H16N4O4. The number of carbonyl (C=O) groups is 1. The molecule has 0 radical (unpaired) electrons. The average Bonchev–Trinajstić information content (AvgIpc) is 2.80. The molecule has 2 rings (SSSR count). The Morgan fingerprint density at radius 2 is 2.00 bits per heavy atom. The van der Waals surface area contributed by atoms with Gasteiger partial charge in [0.1, 0.15) is 0 Å². The predicted octanol–water partition coefficient (Wildman–Crippen LogP) is 0.421. The van der Waals surface area contributed by atoms with Crippen LogP contribution in [0, 0.1) is 20.8 Å². The zero-order valence-corrected chi connectivity index (χ0v) is 12.1. The second-order valence-corrected chi connectivity index (χ2v) is 4.75. The molecule has 8 heteroatoms. The molecule has 0 aliphatic rings. The Balaban J connectivity index is 2.30. The van der Waals surface area contributed by atoms with Crippen LogP contribution in [0.2, 0.25) is 0 Å². The van der Waals surface area contributed by atoms with Crippen LogP contribution in [0.5, 0.6) is 0 Å². The lowest BCUT2D eigenvalue weighted by atomic mass is 10.1. The van der Waals surface area contributed by atoms with Gasteiger partial charge in [-0.05, 0) is 13.8 Å². The number of hydrogen-bond donors (Lipinski definition) is 1. The summed E-state index contributed by atoms with van der Waals surface area (Å²) < 4.78 is 6.31. The van der Waals surface area contributed by atoms with E-state index in [0.717, 1.165) is 0 Å². The van der Waals surface area contributed by atoms with Crippen molar-refractivity contribution in [3.8, 4) is 0 Å². The minimum absolute atomic E-state index is 0.160. The van der Waals surface area contributed by atoms with Gasteiger partial charge in [-0.15, -0.1) is 0 Å². The van der Waals surface area contributed by atoms with Crippen LogP contribution < -0.4 is 5.69 Å². The third-order valence-corrected chi connectivity index (χ3v) is 3.23. The Kier molecular flexibility index (Phi) is 4.15. The third kappa shape index (κ3) is 3.33. The molecule has 2 aromatic rings. The van der Waals surface area contributed by atoms with Crippen LogP contribution in [0.3, 0.4) is 0 Å². The van der Waals surface area contributed by atoms with Gasteiger partial charge >= 0.3 is 11.7 Å². The maximum absolute atomic E-state index is 12.0. The first kappa shape index (κ1) is 14.9. The maximum atomic E-state index is 12.0. The number of carboxylic acids is 1. The van der Waals surface area contributed by atoms with E-state index in [1.165, 1.54) is 4.57 Å². The molecule has 0 amide bonds. The highest BCUT2D eigenvalue weighted by Gasteiger charge is 2.14. The van der Waals surface area contributed by atoms with E-state index in [9.17, 15) is 9.59 Å². The van der Waals surface area contributed by atoms with E-state index in [2.05, 4.69) is 15.1 Å². The van der Waals surface area contributed by atoms with Crippen LogP contribution in [0.15, 0.2) is 9.32 Å². The first-order valence-electron chi connectivity index (χ1n) is 6.46. The van der Waals surface area contributed by atoms with Crippen molar-refractivity contribution in [3.63, 3.8) is 0 Å². The Bertz CT molecular complexity index is 732. The maximum Gasteiger partial charge on any atom is 0.347 e. The number of aromatic nitrogens is 4. The van der Waals surface area contributed by atoms with Gasteiger partial charge in [-0.2, -0.15) is 9.97 Å². The fourth-order valence-corrected chi connectivity index (χ4v) is 2.16. The molecule has 0 aliphatic carbocycles. The Hall–Kier alpha value is -2.51. The molecule has 0 atom stereocenters. The van der Waals surface area contributed by atoms with Crippen LogP contribution in [0.25, 0.3) is 0 Å². The quantitative estimate of drug-likeness (QED) is 0.850. The second-order valence-electron chi connectivity index (χ2n) is 4.75. The number of hydrogen-bond acceptors (Lipinski definition) is 6. The van der Waals surface area contributed by atoms with Crippen molar-refractivity contribution in [2.24, 2.45) is 0 Å². The highest BCUT2D eigenvalue weighted by molar-refractivity contribution is 5.70. The van der Waals surface area contributed by atoms with E-state index in [0.29, 0.717) is 41.6 Å². The zero-order valence-electron chi connectivity index (χ0n) is 12.1. The molecule has 0 unspecified atom stereocenters. The van der Waals surface area contributed by atoms with E-state index >= 15 is 0 Å². The van der Waals surface area contributed by atoms with Gasteiger partial charge < -0.3 is 9.63 Å². The number of nitrogens with zero attached hydrogens (tertiary/aromatic N) is 4. The highest BCUT2D eigenvalue weighted by atomic mass is 16.5. The van der Waals surface area contributed by atoms with E-state index in [4.69, 9.17) is 9.63 Å². The summed E-state index contributed by atoms with van der Waals surface area (Å²) in [4.78, 5) is 30.8. The van der Waals surface area contributed by atoms with Gasteiger partial charge in [0.25, 0.3) is 0 Å². The zero-order chi connectivity index (χ0) is 15.6. The van der Waals surface area contributed by atoms with Crippen molar-refractivity contribution < 1.29 is 14.4 Å². The van der Waals surface area contributed by atoms with E-state index in [1.807, 2.05) is 0 Å². The summed E-state index contributed by atoms with van der Waals surface area (Å²) in [6, 6.07) is 0. The van der Waals surface area contributed by atoms with Crippen LogP contribution in [0.4, 0.5) is 0 Å². The molecule has 0 spiro atoms. The standard InChI is InChI=1S/C13H16N4O4/c1-7-10(6-12(18)19)8(2)17(13(20)14-7)5-4-11-15-9(3)21-16-11/h4-6H2,1-3H3,(H,18,19). The first-order valence-corrected chi connectivity index (χ1v) is 6.46. The summed E-state index contributed by atoms with van der Waals surface area (Å²) in [7, 11) is 0. The Labute approximate surface area is 120 Å². The highest BCUT2D eigenvalue weighted by Crippen LogP contribution is 2.11. The summed E-state index contributed by atoms with van der Waals surface area (Å²) in [6.07, 6.45) is 0.252. The molecular weight excluding hydrogens is 276 g/mol. The largest absolute Gasteiger partial charge is 0.481 e. The van der Waals surface area contributed by atoms with Crippen molar-refractivity contribution in [2.45, 2.75) is 40.2 Å². The van der Waals surface area contributed by atoms with E-state index in [1.54, 1.807) is 20.8 Å². The lowest BCUT2D eigenvalue weighted by Gasteiger charge is -2.13. The third-order valence-electron chi connectivity index (χ3n) is 3.23. The molecule has 1 N–H and O–H groups in total. The topological polar surface area (TPSA) is 111 Å². The molecule has 112 valence electrons. The molecule has 0 bridgehead atoms. The van der Waals surface area contributed by atoms with Crippen molar-refractivity contribution in [1.29, 1.82) is 0 Å². The lowest BCUT2D eigenvalue weighted by Crippen LogP contribution is -2.29. The van der Waals surface area contributed by atoms with Gasteiger partial charge in [0.2, 0.25) is 5.89 Å². The van der Waals surface area contributed by atoms with Crippen molar-refractivity contribution in [1.82, 2.24) is 19.7 Å². The van der Waals surface area contributed by atoms with Gasteiger partial charge in [-0.1, -0.05) is 5.16 Å². The molecule has 0 fully saturated rings. The number of carboxylic acid groups (broad SMARTS) is 1. The van der Waals surface area contributed by atoms with Crippen molar-refractivity contribution in [3.05, 3.63) is 39.2 Å². The normalized spacial score (nSPS) is 10.8. The summed E-state index contributed by atoms with van der Waals surface area (Å²) in [5, 5.41) is 12.7. The van der Waals surface area contributed by atoms with E-state index in [-0.39, 0.29) is 6.42 Å². The summed E-state index contributed by atoms with van der Waals surface area (Å²) in [5.41, 5.74) is 1.22. The second kappa shape index (κ2) is 5.86. The molecule has 8 nitrogen and oxygen atoms in total. The molecule has 0 aliphatic heterocycles. The monoisotopic (exact) mass is 292 g/mol. The number of rotatable bonds is 5.